The zero-order chi connectivity index (χ0) is 21.1. The molecule has 4 aromatic rings. The van der Waals surface area contributed by atoms with Crippen LogP contribution in [0.1, 0.15) is 5.56 Å². The summed E-state index contributed by atoms with van der Waals surface area (Å²) in [5.74, 6) is -1.23. The molecule has 0 saturated heterocycles. The van der Waals surface area contributed by atoms with Gasteiger partial charge in [-0.05, 0) is 34.9 Å². The number of hydrogen-bond donors (Lipinski definition) is 3. The number of aromatic nitrogens is 1. The van der Waals surface area contributed by atoms with Gasteiger partial charge in [-0.3, -0.25) is 4.79 Å². The van der Waals surface area contributed by atoms with E-state index in [1.165, 1.54) is 12.1 Å². The number of nitrogens with one attached hydrogen (secondary N) is 2. The summed E-state index contributed by atoms with van der Waals surface area (Å²) < 4.78 is 27.9. The second-order valence-corrected chi connectivity index (χ2v) is 8.68. The van der Waals surface area contributed by atoms with Crippen molar-refractivity contribution in [2.45, 2.75) is 17.4 Å². The van der Waals surface area contributed by atoms with Crippen molar-refractivity contribution in [3.63, 3.8) is 0 Å². The van der Waals surface area contributed by atoms with Crippen molar-refractivity contribution in [2.75, 3.05) is 0 Å². The normalized spacial score (nSPS) is 12.7. The Morgan fingerprint density at radius 1 is 0.900 bits per heavy atom. The molecule has 0 aliphatic heterocycles. The van der Waals surface area contributed by atoms with E-state index in [1.54, 1.807) is 18.3 Å². The highest BCUT2D eigenvalue weighted by Crippen LogP contribution is 2.22. The minimum Gasteiger partial charge on any atom is -0.480 e. The van der Waals surface area contributed by atoms with E-state index in [1.807, 2.05) is 54.6 Å². The van der Waals surface area contributed by atoms with Crippen LogP contribution in [-0.4, -0.2) is 30.5 Å². The van der Waals surface area contributed by atoms with Gasteiger partial charge in [-0.1, -0.05) is 60.7 Å². The van der Waals surface area contributed by atoms with Gasteiger partial charge in [0.1, 0.15) is 6.04 Å². The molecule has 3 aromatic carbocycles. The summed E-state index contributed by atoms with van der Waals surface area (Å²) in [5.41, 5.74) is 3.46. The van der Waals surface area contributed by atoms with Crippen LogP contribution in [0.5, 0.6) is 0 Å². The fourth-order valence-corrected chi connectivity index (χ4v) is 4.60. The second kappa shape index (κ2) is 8.14. The largest absolute Gasteiger partial charge is 0.480 e. The highest BCUT2D eigenvalue weighted by atomic mass is 32.2. The SMILES string of the molecule is O=C(O)[C@H](Cc1c[nH]c2ccccc12)NS(=O)(=O)c1ccc(-c2ccccc2)cc1. The Labute approximate surface area is 174 Å². The van der Waals surface area contributed by atoms with Crippen molar-refractivity contribution in [3.05, 3.63) is 90.6 Å². The summed E-state index contributed by atoms with van der Waals surface area (Å²) in [7, 11) is -4.00. The first-order valence-electron chi connectivity index (χ1n) is 9.40. The number of hydrogen-bond acceptors (Lipinski definition) is 3. The molecule has 1 aromatic heterocycles. The summed E-state index contributed by atoms with van der Waals surface area (Å²) in [4.78, 5) is 14.9. The van der Waals surface area contributed by atoms with Gasteiger partial charge >= 0.3 is 5.97 Å². The van der Waals surface area contributed by atoms with Crippen LogP contribution in [0, 0.1) is 0 Å². The third-order valence-corrected chi connectivity index (χ3v) is 6.45. The molecule has 3 N–H and O–H groups in total. The molecule has 1 atom stereocenters. The van der Waals surface area contributed by atoms with Gasteiger partial charge in [0, 0.05) is 23.5 Å². The average Bonchev–Trinajstić information content (AvgIpc) is 3.17. The van der Waals surface area contributed by atoms with Gasteiger partial charge in [0.05, 0.1) is 4.90 Å². The molecule has 0 fully saturated rings. The van der Waals surface area contributed by atoms with Crippen LogP contribution >= 0.6 is 0 Å². The number of sulfonamides is 1. The lowest BCUT2D eigenvalue weighted by Crippen LogP contribution is -2.42. The fourth-order valence-electron chi connectivity index (χ4n) is 3.41. The smallest absolute Gasteiger partial charge is 0.322 e. The van der Waals surface area contributed by atoms with Crippen LogP contribution in [-0.2, 0) is 21.2 Å². The first-order valence-corrected chi connectivity index (χ1v) is 10.9. The Morgan fingerprint density at radius 3 is 2.23 bits per heavy atom. The number of carboxylic acid groups (broad SMARTS) is 1. The maximum absolute atomic E-state index is 12.8. The minimum absolute atomic E-state index is 0.0207. The molecule has 4 rings (SSSR count). The van der Waals surface area contributed by atoms with Gasteiger partial charge < -0.3 is 10.1 Å². The summed E-state index contributed by atoms with van der Waals surface area (Å²) in [5, 5.41) is 10.5. The molecular formula is C23H20N2O4S. The number of para-hydroxylation sites is 1. The maximum atomic E-state index is 12.8. The monoisotopic (exact) mass is 420 g/mol. The second-order valence-electron chi connectivity index (χ2n) is 6.97. The van der Waals surface area contributed by atoms with Crippen molar-refractivity contribution in [2.24, 2.45) is 0 Å². The van der Waals surface area contributed by atoms with Crippen molar-refractivity contribution in [3.8, 4) is 11.1 Å². The molecule has 7 heteroatoms. The molecule has 6 nitrogen and oxygen atoms in total. The van der Waals surface area contributed by atoms with Crippen molar-refractivity contribution >= 4 is 26.9 Å². The van der Waals surface area contributed by atoms with E-state index in [0.29, 0.717) is 0 Å². The Kier molecular flexibility index (Phi) is 5.39. The number of aromatic amines is 1. The van der Waals surface area contributed by atoms with Gasteiger partial charge in [0.15, 0.2) is 0 Å². The zero-order valence-corrected chi connectivity index (χ0v) is 16.8. The molecular weight excluding hydrogens is 400 g/mol. The molecule has 30 heavy (non-hydrogen) atoms. The Hall–Kier alpha value is -3.42. The van der Waals surface area contributed by atoms with Crippen molar-refractivity contribution < 1.29 is 18.3 Å². The number of aliphatic carboxylic acids is 1. The van der Waals surface area contributed by atoms with Crippen molar-refractivity contribution in [1.82, 2.24) is 9.71 Å². The first kappa shape index (κ1) is 19.9. The number of benzene rings is 3. The lowest BCUT2D eigenvalue weighted by atomic mass is 10.1. The van der Waals surface area contributed by atoms with Crippen LogP contribution in [0.2, 0.25) is 0 Å². The van der Waals surface area contributed by atoms with E-state index in [-0.39, 0.29) is 11.3 Å². The van der Waals surface area contributed by atoms with Crippen LogP contribution < -0.4 is 4.72 Å². The van der Waals surface area contributed by atoms with E-state index in [4.69, 9.17) is 0 Å². The molecule has 0 aliphatic rings. The first-order chi connectivity index (χ1) is 14.4. The number of carbonyl (C=O) groups is 1. The minimum atomic E-state index is -4.00. The maximum Gasteiger partial charge on any atom is 0.322 e. The molecule has 0 radical (unpaired) electrons. The quantitative estimate of drug-likeness (QED) is 0.423. The van der Waals surface area contributed by atoms with Gasteiger partial charge in [-0.25, -0.2) is 8.42 Å². The molecule has 0 bridgehead atoms. The molecule has 0 aliphatic carbocycles. The summed E-state index contributed by atoms with van der Waals surface area (Å²) in [6.45, 7) is 0. The molecule has 0 saturated carbocycles. The third-order valence-electron chi connectivity index (χ3n) is 4.97. The molecule has 152 valence electrons. The van der Waals surface area contributed by atoms with Crippen molar-refractivity contribution in [1.29, 1.82) is 0 Å². The number of H-pyrrole nitrogens is 1. The van der Waals surface area contributed by atoms with Crippen LogP contribution in [0.4, 0.5) is 0 Å². The number of carboxylic acids is 1. The Morgan fingerprint density at radius 2 is 1.53 bits per heavy atom. The lowest BCUT2D eigenvalue weighted by Gasteiger charge is -2.15. The lowest BCUT2D eigenvalue weighted by molar-refractivity contribution is -0.138. The van der Waals surface area contributed by atoms with Crippen LogP contribution in [0.25, 0.3) is 22.0 Å². The van der Waals surface area contributed by atoms with Crippen LogP contribution in [0.15, 0.2) is 90.0 Å². The van der Waals surface area contributed by atoms with Gasteiger partial charge in [-0.15, -0.1) is 0 Å². The molecule has 1 heterocycles. The summed E-state index contributed by atoms with van der Waals surface area (Å²) >= 11 is 0. The van der Waals surface area contributed by atoms with E-state index in [0.717, 1.165) is 27.6 Å². The van der Waals surface area contributed by atoms with E-state index in [9.17, 15) is 18.3 Å². The van der Waals surface area contributed by atoms with E-state index < -0.39 is 22.0 Å². The zero-order valence-electron chi connectivity index (χ0n) is 15.9. The Bertz CT molecular complexity index is 1280. The Balaban J connectivity index is 1.56. The fraction of sp³-hybridized carbons (Fsp3) is 0.0870. The number of fused-ring (bicyclic) bond motifs is 1. The molecule has 0 unspecified atom stereocenters. The predicted molar refractivity (Wildman–Crippen MR) is 116 cm³/mol. The molecule has 0 amide bonds. The summed E-state index contributed by atoms with van der Waals surface area (Å²) in [6, 6.07) is 22.2. The van der Waals surface area contributed by atoms with Gasteiger partial charge in [0.2, 0.25) is 10.0 Å². The standard InChI is InChI=1S/C23H20N2O4S/c26-23(27)22(14-18-15-24-21-9-5-4-8-20(18)21)25-30(28,29)19-12-10-17(11-13-19)16-6-2-1-3-7-16/h1-13,15,22,24-25H,14H2,(H,26,27)/t22-/m0/s1. The summed E-state index contributed by atoms with van der Waals surface area (Å²) in [6.07, 6.45) is 1.74. The van der Waals surface area contributed by atoms with Gasteiger partial charge in [0.25, 0.3) is 0 Å². The highest BCUT2D eigenvalue weighted by Gasteiger charge is 2.26. The highest BCUT2D eigenvalue weighted by molar-refractivity contribution is 7.89. The number of rotatable bonds is 7. The topological polar surface area (TPSA) is 99.3 Å². The predicted octanol–water partition coefficient (Wildman–Crippen LogP) is 3.81. The molecule has 0 spiro atoms. The average molecular weight is 420 g/mol. The third kappa shape index (κ3) is 4.12. The van der Waals surface area contributed by atoms with Gasteiger partial charge in [-0.2, -0.15) is 4.72 Å². The van der Waals surface area contributed by atoms with Crippen LogP contribution in [0.3, 0.4) is 0 Å². The van der Waals surface area contributed by atoms with E-state index in [2.05, 4.69) is 9.71 Å². The van der Waals surface area contributed by atoms with E-state index >= 15 is 0 Å².